The summed E-state index contributed by atoms with van der Waals surface area (Å²) in [4.78, 5) is -0.0177. The summed E-state index contributed by atoms with van der Waals surface area (Å²) in [5.41, 5.74) is 0. The van der Waals surface area contributed by atoms with Crippen LogP contribution in [-0.4, -0.2) is 59.2 Å². The molecule has 1 fully saturated rings. The molecule has 4 N–H and O–H groups in total. The van der Waals surface area contributed by atoms with Crippen LogP contribution in [0.2, 0.25) is 4.82 Å². The summed E-state index contributed by atoms with van der Waals surface area (Å²) >= 11 is -0.173. The third kappa shape index (κ3) is 2.15. The molecule has 1 saturated heterocycles. The second-order valence-electron chi connectivity index (χ2n) is 2.62. The van der Waals surface area contributed by atoms with E-state index in [-0.39, 0.29) is 26.4 Å². The molecular formula is C6H12O4Se. The van der Waals surface area contributed by atoms with Crippen LogP contribution in [0.4, 0.5) is 0 Å². The summed E-state index contributed by atoms with van der Waals surface area (Å²) in [6, 6.07) is 0. The zero-order chi connectivity index (χ0) is 8.43. The van der Waals surface area contributed by atoms with Gasteiger partial charge in [0.15, 0.2) is 0 Å². The predicted octanol–water partition coefficient (Wildman–Crippen LogP) is -2.08. The molecule has 0 aliphatic carbocycles. The number of aliphatic hydroxyl groups excluding tert-OH is 4. The topological polar surface area (TPSA) is 80.9 Å². The maximum absolute atomic E-state index is 9.16. The molecule has 0 bridgehead atoms. The van der Waals surface area contributed by atoms with Crippen LogP contribution < -0.4 is 0 Å². The Labute approximate surface area is 71.0 Å². The van der Waals surface area contributed by atoms with Gasteiger partial charge >= 0.3 is 70.4 Å². The van der Waals surface area contributed by atoms with Crippen LogP contribution in [0, 0.1) is 0 Å². The molecular weight excluding hydrogens is 215 g/mol. The second-order valence-corrected chi connectivity index (χ2v) is 5.61. The van der Waals surface area contributed by atoms with E-state index in [1.807, 2.05) is 0 Å². The first-order chi connectivity index (χ1) is 5.15. The quantitative estimate of drug-likeness (QED) is 0.387. The molecule has 4 unspecified atom stereocenters. The number of aliphatic hydroxyl groups is 4. The first-order valence-electron chi connectivity index (χ1n) is 3.45. The molecule has 66 valence electrons. The maximum atomic E-state index is 9.16. The first kappa shape index (κ1) is 9.45. The molecule has 4 nitrogen and oxygen atoms in total. The van der Waals surface area contributed by atoms with Gasteiger partial charge in [-0.15, -0.1) is 0 Å². The zero-order valence-corrected chi connectivity index (χ0v) is 7.63. The van der Waals surface area contributed by atoms with E-state index >= 15 is 0 Å². The van der Waals surface area contributed by atoms with E-state index in [0.29, 0.717) is 6.42 Å². The Hall–Kier alpha value is 0.359. The molecule has 0 aromatic rings. The van der Waals surface area contributed by atoms with Gasteiger partial charge in [-0.05, 0) is 0 Å². The molecule has 0 saturated carbocycles. The molecule has 0 amide bonds. The van der Waals surface area contributed by atoms with Crippen molar-refractivity contribution >= 4 is 15.0 Å². The average molecular weight is 227 g/mol. The Morgan fingerprint density at radius 3 is 2.36 bits per heavy atom. The van der Waals surface area contributed by atoms with Crippen LogP contribution in [0.3, 0.4) is 0 Å². The van der Waals surface area contributed by atoms with Gasteiger partial charge in [-0.3, -0.25) is 0 Å². The van der Waals surface area contributed by atoms with Crippen molar-refractivity contribution in [2.24, 2.45) is 0 Å². The fraction of sp³-hybridized carbons (Fsp3) is 1.00. The fourth-order valence-corrected chi connectivity index (χ4v) is 3.42. The second kappa shape index (κ2) is 3.85. The van der Waals surface area contributed by atoms with Crippen LogP contribution in [0.5, 0.6) is 0 Å². The summed E-state index contributed by atoms with van der Waals surface area (Å²) in [5, 5.41) is 35.3. The molecule has 5 heteroatoms. The summed E-state index contributed by atoms with van der Waals surface area (Å²) in [6.45, 7) is -0.0131. The molecule has 1 aliphatic heterocycles. The predicted molar refractivity (Wildman–Crippen MR) is 39.2 cm³/mol. The summed E-state index contributed by atoms with van der Waals surface area (Å²) in [5.74, 6) is 0. The van der Waals surface area contributed by atoms with Gasteiger partial charge in [-0.2, -0.15) is 0 Å². The van der Waals surface area contributed by atoms with E-state index in [9.17, 15) is 0 Å². The standard InChI is InChI=1S/C6H12O4Se/c7-2-3-1-4(8)5(9)6(10)11-3/h3-10H,1-2H2. The zero-order valence-electron chi connectivity index (χ0n) is 5.92. The van der Waals surface area contributed by atoms with E-state index in [4.69, 9.17) is 20.4 Å². The first-order valence-corrected chi connectivity index (χ1v) is 5.43. The summed E-state index contributed by atoms with van der Waals surface area (Å²) in [6.07, 6.45) is -1.50. The van der Waals surface area contributed by atoms with Crippen molar-refractivity contribution < 1.29 is 20.4 Å². The average Bonchev–Trinajstić information content (AvgIpc) is 1.99. The number of rotatable bonds is 1. The molecule has 0 spiro atoms. The molecule has 1 heterocycles. The molecule has 1 aliphatic rings. The van der Waals surface area contributed by atoms with Crippen molar-refractivity contribution in [1.82, 2.24) is 0 Å². The van der Waals surface area contributed by atoms with Gasteiger partial charge in [-0.25, -0.2) is 0 Å². The third-order valence-corrected chi connectivity index (χ3v) is 4.42. The fourth-order valence-electron chi connectivity index (χ4n) is 1.05. The Bertz CT molecular complexity index is 120. The Morgan fingerprint density at radius 1 is 1.27 bits per heavy atom. The van der Waals surface area contributed by atoms with Gasteiger partial charge < -0.3 is 0 Å². The molecule has 4 atom stereocenters. The summed E-state index contributed by atoms with van der Waals surface area (Å²) in [7, 11) is 0. The SMILES string of the molecule is OCC1CC(O)C(O)C(O)[Se]1. The van der Waals surface area contributed by atoms with E-state index < -0.39 is 17.2 Å². The third-order valence-electron chi connectivity index (χ3n) is 1.73. The van der Waals surface area contributed by atoms with Crippen molar-refractivity contribution in [2.45, 2.75) is 28.4 Å². The van der Waals surface area contributed by atoms with Crippen LogP contribution in [-0.2, 0) is 0 Å². The van der Waals surface area contributed by atoms with E-state index in [0.717, 1.165) is 0 Å². The molecule has 0 aromatic heterocycles. The van der Waals surface area contributed by atoms with Crippen LogP contribution in [0.1, 0.15) is 6.42 Å². The van der Waals surface area contributed by atoms with Gasteiger partial charge in [0.25, 0.3) is 0 Å². The molecule has 11 heavy (non-hydrogen) atoms. The summed E-state index contributed by atoms with van der Waals surface area (Å²) < 4.78 is 0. The van der Waals surface area contributed by atoms with Gasteiger partial charge in [0, 0.05) is 0 Å². The Balaban J connectivity index is 2.47. The molecule has 0 aromatic carbocycles. The van der Waals surface area contributed by atoms with E-state index in [1.165, 1.54) is 0 Å². The number of hydrogen-bond donors (Lipinski definition) is 4. The van der Waals surface area contributed by atoms with Gasteiger partial charge in [0.2, 0.25) is 0 Å². The number of hydrogen-bond acceptors (Lipinski definition) is 4. The van der Waals surface area contributed by atoms with Crippen LogP contribution >= 0.6 is 0 Å². The normalized spacial score (nSPS) is 45.8. The Morgan fingerprint density at radius 2 is 1.91 bits per heavy atom. The minimum absolute atomic E-state index is 0.0131. The van der Waals surface area contributed by atoms with Crippen molar-refractivity contribution in [3.05, 3.63) is 0 Å². The van der Waals surface area contributed by atoms with Crippen molar-refractivity contribution in [2.75, 3.05) is 6.61 Å². The van der Waals surface area contributed by atoms with Crippen molar-refractivity contribution in [1.29, 1.82) is 0 Å². The molecule has 1 rings (SSSR count). The van der Waals surface area contributed by atoms with E-state index in [1.54, 1.807) is 0 Å². The monoisotopic (exact) mass is 228 g/mol. The van der Waals surface area contributed by atoms with Crippen molar-refractivity contribution in [3.8, 4) is 0 Å². The molecule has 0 radical (unpaired) electrons. The van der Waals surface area contributed by atoms with Gasteiger partial charge in [-0.1, -0.05) is 0 Å². The minimum atomic E-state index is -1.02. The van der Waals surface area contributed by atoms with Crippen LogP contribution in [0.15, 0.2) is 0 Å². The van der Waals surface area contributed by atoms with Gasteiger partial charge in [0.05, 0.1) is 0 Å². The van der Waals surface area contributed by atoms with Gasteiger partial charge in [0.1, 0.15) is 0 Å². The van der Waals surface area contributed by atoms with E-state index in [2.05, 4.69) is 0 Å². The van der Waals surface area contributed by atoms with Crippen molar-refractivity contribution in [3.63, 3.8) is 0 Å². The van der Waals surface area contributed by atoms with Crippen LogP contribution in [0.25, 0.3) is 0 Å². The Kier molecular flexibility index (Phi) is 3.30.